The molecule has 3 nitrogen and oxygen atoms in total. The van der Waals surface area contributed by atoms with Gasteiger partial charge in [0.1, 0.15) is 0 Å². The van der Waals surface area contributed by atoms with Crippen molar-refractivity contribution in [3.63, 3.8) is 0 Å². The van der Waals surface area contributed by atoms with Gasteiger partial charge in [-0.2, -0.15) is 0 Å². The number of thiophene rings is 4. The highest BCUT2D eigenvalue weighted by molar-refractivity contribution is 7.28. The third-order valence-electron chi connectivity index (χ3n) is 3.23. The topological polar surface area (TPSA) is 43.1 Å². The van der Waals surface area contributed by atoms with Gasteiger partial charge in [-0.1, -0.05) is 17.4 Å². The molecule has 0 saturated heterocycles. The summed E-state index contributed by atoms with van der Waals surface area (Å²) >= 11 is 6.42. The molecule has 0 unspecified atom stereocenters. The molecule has 0 amide bonds. The molecule has 0 aliphatic rings. The Labute approximate surface area is 148 Å². The van der Waals surface area contributed by atoms with Gasteiger partial charge in [-0.05, 0) is 41.8 Å². The van der Waals surface area contributed by atoms with Gasteiger partial charge in [0.15, 0.2) is 0 Å². The van der Waals surface area contributed by atoms with E-state index in [9.17, 15) is 10.1 Å². The maximum Gasteiger partial charge on any atom is 0.324 e. The summed E-state index contributed by atoms with van der Waals surface area (Å²) < 4.78 is 0. The van der Waals surface area contributed by atoms with Crippen molar-refractivity contribution in [3.05, 3.63) is 64.0 Å². The maximum atomic E-state index is 10.8. The van der Waals surface area contributed by atoms with Crippen LogP contribution < -0.4 is 0 Å². The summed E-state index contributed by atoms with van der Waals surface area (Å²) in [6, 6.07) is 16.0. The zero-order valence-corrected chi connectivity index (χ0v) is 14.9. The Morgan fingerprint density at radius 1 is 0.696 bits per heavy atom. The molecule has 0 aliphatic heterocycles. The lowest BCUT2D eigenvalue weighted by Gasteiger charge is -1.91. The molecule has 0 saturated carbocycles. The van der Waals surface area contributed by atoms with Gasteiger partial charge < -0.3 is 0 Å². The highest BCUT2D eigenvalue weighted by Crippen LogP contribution is 2.43. The zero-order chi connectivity index (χ0) is 15.8. The Morgan fingerprint density at radius 2 is 1.22 bits per heavy atom. The molecule has 0 N–H and O–H groups in total. The molecule has 4 aromatic heterocycles. The van der Waals surface area contributed by atoms with E-state index in [-0.39, 0.29) is 9.92 Å². The predicted octanol–water partition coefficient (Wildman–Crippen LogP) is 6.84. The standard InChI is InChI=1S/C16H9NO2S4/c18-17(19)16-8-7-15(23-16)14-6-5-13(22-14)12-4-3-11(21-12)10-2-1-9-20-10/h1-9H. The van der Waals surface area contributed by atoms with E-state index in [2.05, 4.69) is 35.7 Å². The Balaban J connectivity index is 1.64. The average Bonchev–Trinajstić information content (AvgIpc) is 3.32. The van der Waals surface area contributed by atoms with Gasteiger partial charge in [0, 0.05) is 30.5 Å². The predicted molar refractivity (Wildman–Crippen MR) is 101 cm³/mol. The van der Waals surface area contributed by atoms with E-state index in [1.54, 1.807) is 40.1 Å². The van der Waals surface area contributed by atoms with Crippen LogP contribution in [0, 0.1) is 10.1 Å². The van der Waals surface area contributed by atoms with Crippen LogP contribution in [-0.4, -0.2) is 4.92 Å². The van der Waals surface area contributed by atoms with Gasteiger partial charge in [-0.15, -0.1) is 34.0 Å². The molecule has 23 heavy (non-hydrogen) atoms. The van der Waals surface area contributed by atoms with Gasteiger partial charge in [-0.25, -0.2) is 0 Å². The summed E-state index contributed by atoms with van der Waals surface area (Å²) in [5, 5.41) is 13.1. The van der Waals surface area contributed by atoms with E-state index in [1.165, 1.54) is 30.8 Å². The Hall–Kier alpha value is -1.80. The van der Waals surface area contributed by atoms with Crippen LogP contribution in [0.15, 0.2) is 53.9 Å². The number of hydrogen-bond donors (Lipinski definition) is 0. The van der Waals surface area contributed by atoms with Crippen LogP contribution in [0.1, 0.15) is 0 Å². The fourth-order valence-electron chi connectivity index (χ4n) is 2.18. The van der Waals surface area contributed by atoms with Crippen molar-refractivity contribution < 1.29 is 4.92 Å². The SMILES string of the molecule is O=[N+]([O-])c1ccc(-c2ccc(-c3ccc(-c4cccs4)s3)s2)s1. The summed E-state index contributed by atoms with van der Waals surface area (Å²) in [6.07, 6.45) is 0. The minimum absolute atomic E-state index is 0.186. The Morgan fingerprint density at radius 3 is 1.70 bits per heavy atom. The summed E-state index contributed by atoms with van der Waals surface area (Å²) in [5.74, 6) is 0. The van der Waals surface area contributed by atoms with Crippen LogP contribution in [0.3, 0.4) is 0 Å². The van der Waals surface area contributed by atoms with E-state index < -0.39 is 0 Å². The van der Waals surface area contributed by atoms with Crippen molar-refractivity contribution >= 4 is 50.3 Å². The molecule has 7 heteroatoms. The Kier molecular flexibility index (Phi) is 3.86. The molecule has 0 atom stereocenters. The van der Waals surface area contributed by atoms with Crippen LogP contribution in [0.25, 0.3) is 29.3 Å². The number of hydrogen-bond acceptors (Lipinski definition) is 6. The third-order valence-corrected chi connectivity index (χ3v) is 7.90. The van der Waals surface area contributed by atoms with Gasteiger partial charge in [-0.3, -0.25) is 10.1 Å². The smallest absolute Gasteiger partial charge is 0.258 e. The van der Waals surface area contributed by atoms with Crippen molar-refractivity contribution in [3.8, 4) is 29.3 Å². The fourth-order valence-corrected chi connectivity index (χ4v) is 6.03. The molecule has 0 aliphatic carbocycles. The monoisotopic (exact) mass is 375 g/mol. The molecular formula is C16H9NO2S4. The second kappa shape index (κ2) is 6.01. The van der Waals surface area contributed by atoms with Crippen molar-refractivity contribution in [2.45, 2.75) is 0 Å². The first-order valence-electron chi connectivity index (χ1n) is 6.69. The van der Waals surface area contributed by atoms with Crippen molar-refractivity contribution in [2.75, 3.05) is 0 Å². The van der Waals surface area contributed by atoms with E-state index in [1.807, 2.05) is 12.1 Å². The summed E-state index contributed by atoms with van der Waals surface area (Å²) in [5.41, 5.74) is 0. The lowest BCUT2D eigenvalue weighted by Crippen LogP contribution is -1.80. The summed E-state index contributed by atoms with van der Waals surface area (Å²) in [4.78, 5) is 17.5. The molecule has 0 spiro atoms. The average molecular weight is 376 g/mol. The minimum Gasteiger partial charge on any atom is -0.258 e. The van der Waals surface area contributed by atoms with Gasteiger partial charge in [0.05, 0.1) is 9.80 Å². The first-order valence-corrected chi connectivity index (χ1v) is 10.0. The number of rotatable bonds is 4. The molecule has 0 fully saturated rings. The number of nitro groups is 1. The van der Waals surface area contributed by atoms with Crippen LogP contribution in [-0.2, 0) is 0 Å². The molecular weight excluding hydrogens is 366 g/mol. The van der Waals surface area contributed by atoms with Crippen molar-refractivity contribution in [1.29, 1.82) is 0 Å². The summed E-state index contributed by atoms with van der Waals surface area (Å²) in [7, 11) is 0. The highest BCUT2D eigenvalue weighted by Gasteiger charge is 2.14. The highest BCUT2D eigenvalue weighted by atomic mass is 32.1. The number of nitrogens with zero attached hydrogens (tertiary/aromatic N) is 1. The van der Waals surface area contributed by atoms with Crippen molar-refractivity contribution in [2.24, 2.45) is 0 Å². The van der Waals surface area contributed by atoms with E-state index >= 15 is 0 Å². The van der Waals surface area contributed by atoms with Gasteiger partial charge >= 0.3 is 5.00 Å². The zero-order valence-electron chi connectivity index (χ0n) is 11.6. The van der Waals surface area contributed by atoms with E-state index in [0.717, 1.165) is 9.75 Å². The van der Waals surface area contributed by atoms with Gasteiger partial charge in [0.2, 0.25) is 0 Å². The molecule has 114 valence electrons. The second-order valence-corrected chi connectivity index (χ2v) is 8.88. The molecule has 0 aromatic carbocycles. The molecule has 4 rings (SSSR count). The lowest BCUT2D eigenvalue weighted by atomic mass is 10.3. The van der Waals surface area contributed by atoms with Crippen LogP contribution in [0.2, 0.25) is 0 Å². The van der Waals surface area contributed by atoms with E-state index in [4.69, 9.17) is 0 Å². The lowest BCUT2D eigenvalue weighted by molar-refractivity contribution is -0.380. The molecule has 0 radical (unpaired) electrons. The van der Waals surface area contributed by atoms with E-state index in [0.29, 0.717) is 0 Å². The molecule has 0 bridgehead atoms. The second-order valence-electron chi connectivity index (χ2n) is 4.70. The Bertz CT molecular complexity index is 962. The van der Waals surface area contributed by atoms with Crippen molar-refractivity contribution in [1.82, 2.24) is 0 Å². The van der Waals surface area contributed by atoms with Crippen LogP contribution in [0.4, 0.5) is 5.00 Å². The van der Waals surface area contributed by atoms with Gasteiger partial charge in [0.25, 0.3) is 0 Å². The third kappa shape index (κ3) is 2.88. The summed E-state index contributed by atoms with van der Waals surface area (Å²) in [6.45, 7) is 0. The largest absolute Gasteiger partial charge is 0.324 e. The first kappa shape index (κ1) is 14.8. The molecule has 4 aromatic rings. The fraction of sp³-hybridized carbons (Fsp3) is 0. The molecule has 4 heterocycles. The normalized spacial score (nSPS) is 11.0. The minimum atomic E-state index is -0.338. The van der Waals surface area contributed by atoms with Crippen LogP contribution >= 0.6 is 45.3 Å². The maximum absolute atomic E-state index is 10.8. The quantitative estimate of drug-likeness (QED) is 0.289. The first-order chi connectivity index (χ1) is 11.2. The van der Waals surface area contributed by atoms with Crippen LogP contribution in [0.5, 0.6) is 0 Å².